The number of hydrogen-bond donors (Lipinski definition) is 2. The van der Waals surface area contributed by atoms with Crippen molar-refractivity contribution >= 4 is 12.2 Å². The molecule has 0 spiro atoms. The maximum absolute atomic E-state index is 8.35. The lowest BCUT2D eigenvalue weighted by Crippen LogP contribution is -2.26. The van der Waals surface area contributed by atoms with E-state index in [0.29, 0.717) is 0 Å². The van der Waals surface area contributed by atoms with Crippen molar-refractivity contribution in [2.24, 2.45) is 0 Å². The van der Waals surface area contributed by atoms with Gasteiger partial charge in [-0.25, -0.2) is 20.4 Å². The van der Waals surface area contributed by atoms with E-state index in [-0.39, 0.29) is 5.41 Å². The molecule has 0 fully saturated rings. The molecule has 0 aromatic heterocycles. The van der Waals surface area contributed by atoms with Crippen LogP contribution in [0.15, 0.2) is 86.0 Å². The molecule has 0 saturated heterocycles. The first-order valence-corrected chi connectivity index (χ1v) is 7.57. The van der Waals surface area contributed by atoms with Gasteiger partial charge in [0.05, 0.1) is 0 Å². The summed E-state index contributed by atoms with van der Waals surface area (Å²) in [6, 6.07) is 21.3. The number of carbonyl (C=O) groups excluding carboxylic acids is 2. The van der Waals surface area contributed by atoms with Crippen molar-refractivity contribution in [2.45, 2.75) is 18.3 Å². The van der Waals surface area contributed by atoms with E-state index in [9.17, 15) is 0 Å². The molecule has 4 heteroatoms. The molecule has 2 aromatic carbocycles. The minimum absolute atomic E-state index is 0.0496. The zero-order valence-electron chi connectivity index (χ0n) is 14.1. The second kappa shape index (κ2) is 13.1. The average molecular weight is 334 g/mol. The fourth-order valence-corrected chi connectivity index (χ4v) is 2.73. The van der Waals surface area contributed by atoms with Gasteiger partial charge in [-0.2, -0.15) is 0 Å². The first-order chi connectivity index (χ1) is 12.2. The molecule has 0 heterocycles. The molecule has 25 heavy (non-hydrogen) atoms. The molecular weight excluding hydrogens is 312 g/mol. The van der Waals surface area contributed by atoms with Gasteiger partial charge in [0.15, 0.2) is 0 Å². The summed E-state index contributed by atoms with van der Waals surface area (Å²) in [5.74, 6) is 0. The van der Waals surface area contributed by atoms with Gasteiger partial charge in [-0.3, -0.25) is 0 Å². The average Bonchev–Trinajstić information content (AvgIpc) is 2.64. The smallest absolute Gasteiger partial charge is 0.222 e. The highest BCUT2D eigenvalue weighted by Gasteiger charge is 2.31. The van der Waals surface area contributed by atoms with Gasteiger partial charge in [0, 0.05) is 5.41 Å². The van der Waals surface area contributed by atoms with Crippen molar-refractivity contribution in [3.8, 4) is 0 Å². The lowest BCUT2D eigenvalue weighted by Gasteiger charge is -2.33. The van der Waals surface area contributed by atoms with Crippen molar-refractivity contribution < 1.29 is 9.59 Å². The first-order valence-electron chi connectivity index (χ1n) is 7.57. The van der Waals surface area contributed by atoms with Crippen LogP contribution < -0.4 is 0 Å². The minimum atomic E-state index is -0.0496. The van der Waals surface area contributed by atoms with Crippen LogP contribution in [0.4, 0.5) is 0 Å². The summed E-state index contributed by atoms with van der Waals surface area (Å²) < 4.78 is 0. The maximum atomic E-state index is 8.35. The van der Waals surface area contributed by atoms with Gasteiger partial charge < -0.3 is 0 Å². The molecule has 0 aliphatic rings. The summed E-state index contributed by atoms with van der Waals surface area (Å²) in [7, 11) is 0. The molecular formula is C21H22N2O2. The predicted octanol–water partition coefficient (Wildman–Crippen LogP) is 4.93. The summed E-state index contributed by atoms with van der Waals surface area (Å²) in [5.41, 5.74) is 2.59. The van der Waals surface area contributed by atoms with E-state index in [2.05, 4.69) is 73.8 Å². The Bertz CT molecular complexity index is 634. The molecule has 2 aromatic rings. The fraction of sp³-hybridized carbons (Fsp3) is 0.143. The lowest BCUT2D eigenvalue weighted by molar-refractivity contribution is 0.529. The van der Waals surface area contributed by atoms with E-state index in [1.807, 2.05) is 12.2 Å². The van der Waals surface area contributed by atoms with Crippen LogP contribution in [-0.2, 0) is 15.0 Å². The monoisotopic (exact) mass is 334 g/mol. The van der Waals surface area contributed by atoms with E-state index >= 15 is 0 Å². The summed E-state index contributed by atoms with van der Waals surface area (Å²) in [6.07, 6.45) is 7.33. The summed E-state index contributed by atoms with van der Waals surface area (Å²) in [5, 5.41) is 10.8. The van der Waals surface area contributed by atoms with E-state index in [1.165, 1.54) is 11.1 Å². The van der Waals surface area contributed by atoms with Gasteiger partial charge in [0.2, 0.25) is 12.2 Å². The molecule has 0 aliphatic heterocycles. The Hall–Kier alpha value is -3.32. The van der Waals surface area contributed by atoms with Crippen LogP contribution in [0.2, 0.25) is 0 Å². The molecule has 0 atom stereocenters. The standard InChI is InChI=1S/C19H20.2CHNO/c1-3-15-19(16-4-2,17-11-7-5-8-12-17)18-13-9-6-10-14-18;2*2-1-3/h3-14H,1-2,15-16H2;2*2H. The van der Waals surface area contributed by atoms with Crippen LogP contribution in [0.5, 0.6) is 0 Å². The van der Waals surface area contributed by atoms with Crippen molar-refractivity contribution in [1.82, 2.24) is 0 Å². The number of benzene rings is 2. The van der Waals surface area contributed by atoms with Gasteiger partial charge in [0.1, 0.15) is 0 Å². The third kappa shape index (κ3) is 6.76. The molecule has 2 rings (SSSR count). The van der Waals surface area contributed by atoms with Gasteiger partial charge >= 0.3 is 0 Å². The van der Waals surface area contributed by atoms with Crippen LogP contribution in [-0.4, -0.2) is 12.2 Å². The number of isocyanates is 2. The van der Waals surface area contributed by atoms with Crippen LogP contribution in [0.3, 0.4) is 0 Å². The Kier molecular flexibility index (Phi) is 11.4. The second-order valence-corrected chi connectivity index (χ2v) is 5.00. The highest BCUT2D eigenvalue weighted by atomic mass is 16.1. The highest BCUT2D eigenvalue weighted by Crippen LogP contribution is 2.39. The minimum Gasteiger partial charge on any atom is -0.222 e. The maximum Gasteiger partial charge on any atom is 0.231 e. The Morgan fingerprint density at radius 1 is 0.760 bits per heavy atom. The van der Waals surface area contributed by atoms with Gasteiger partial charge in [-0.1, -0.05) is 72.8 Å². The molecule has 0 aliphatic carbocycles. The van der Waals surface area contributed by atoms with Crippen LogP contribution in [0.1, 0.15) is 24.0 Å². The molecule has 0 unspecified atom stereocenters. The summed E-state index contributed by atoms with van der Waals surface area (Å²) >= 11 is 0. The fourth-order valence-electron chi connectivity index (χ4n) is 2.73. The number of allylic oxidation sites excluding steroid dienone is 2. The van der Waals surface area contributed by atoms with Crippen LogP contribution in [0.25, 0.3) is 0 Å². The van der Waals surface area contributed by atoms with E-state index in [0.717, 1.165) is 25.0 Å². The van der Waals surface area contributed by atoms with Crippen molar-refractivity contribution in [3.63, 3.8) is 0 Å². The van der Waals surface area contributed by atoms with Crippen LogP contribution in [0, 0.1) is 10.8 Å². The number of rotatable bonds is 6. The Labute approximate surface area is 148 Å². The largest absolute Gasteiger partial charge is 0.231 e. The van der Waals surface area contributed by atoms with Crippen LogP contribution >= 0.6 is 0 Å². The Balaban J connectivity index is 0.000000844. The molecule has 0 saturated carbocycles. The van der Waals surface area contributed by atoms with E-state index in [1.54, 1.807) is 0 Å². The third-order valence-electron chi connectivity index (χ3n) is 3.64. The Morgan fingerprint density at radius 2 is 1.04 bits per heavy atom. The van der Waals surface area contributed by atoms with Gasteiger partial charge in [-0.15, -0.1) is 13.2 Å². The molecule has 2 N–H and O–H groups in total. The van der Waals surface area contributed by atoms with Gasteiger partial charge in [-0.05, 0) is 24.0 Å². The first kappa shape index (κ1) is 21.7. The normalized spacial score (nSPS) is 8.96. The van der Waals surface area contributed by atoms with Crippen molar-refractivity contribution in [3.05, 3.63) is 97.1 Å². The molecule has 0 radical (unpaired) electrons. The molecule has 4 nitrogen and oxygen atoms in total. The zero-order valence-corrected chi connectivity index (χ0v) is 14.1. The van der Waals surface area contributed by atoms with E-state index < -0.39 is 0 Å². The SMILES string of the molecule is C=CCC(CC=C)(c1ccccc1)c1ccccc1.N=C=O.N=C=O. The van der Waals surface area contributed by atoms with Crippen molar-refractivity contribution in [2.75, 3.05) is 0 Å². The van der Waals surface area contributed by atoms with Gasteiger partial charge in [0.25, 0.3) is 0 Å². The molecule has 0 amide bonds. The summed E-state index contributed by atoms with van der Waals surface area (Å²) in [6.45, 7) is 7.89. The Morgan fingerprint density at radius 3 is 1.28 bits per heavy atom. The number of hydrogen-bond acceptors (Lipinski definition) is 4. The lowest BCUT2D eigenvalue weighted by atomic mass is 9.70. The number of nitrogens with one attached hydrogen (secondary N) is 2. The highest BCUT2D eigenvalue weighted by molar-refractivity contribution is 5.40. The topological polar surface area (TPSA) is 81.8 Å². The summed E-state index contributed by atoms with van der Waals surface area (Å²) in [4.78, 5) is 16.7. The van der Waals surface area contributed by atoms with Crippen molar-refractivity contribution in [1.29, 1.82) is 10.8 Å². The zero-order chi connectivity index (χ0) is 19.0. The predicted molar refractivity (Wildman–Crippen MR) is 100 cm³/mol. The quantitative estimate of drug-likeness (QED) is 0.446. The molecule has 128 valence electrons. The van der Waals surface area contributed by atoms with E-state index in [4.69, 9.17) is 20.4 Å². The molecule has 0 bridgehead atoms. The second-order valence-electron chi connectivity index (χ2n) is 5.00. The third-order valence-corrected chi connectivity index (χ3v) is 3.64.